The molecule has 194 valence electrons. The second kappa shape index (κ2) is 9.53. The lowest BCUT2D eigenvalue weighted by Crippen LogP contribution is -2.58. The third-order valence-electron chi connectivity index (χ3n) is 8.79. The number of hydrogen-bond acceptors (Lipinski definition) is 5. The van der Waals surface area contributed by atoms with E-state index in [4.69, 9.17) is 4.74 Å². The quantitative estimate of drug-likeness (QED) is 0.448. The summed E-state index contributed by atoms with van der Waals surface area (Å²) >= 11 is 1.60. The predicted molar refractivity (Wildman–Crippen MR) is 140 cm³/mol. The van der Waals surface area contributed by atoms with Crippen molar-refractivity contribution in [1.29, 1.82) is 0 Å². The molecule has 1 aromatic carbocycles. The number of rotatable bonds is 6. The third kappa shape index (κ3) is 3.97. The number of ether oxygens (including phenoxy) is 1. The molecule has 8 heteroatoms. The van der Waals surface area contributed by atoms with Crippen LogP contribution in [0.3, 0.4) is 0 Å². The molecule has 1 spiro atoms. The van der Waals surface area contributed by atoms with Crippen LogP contribution in [0.1, 0.15) is 47.0 Å². The summed E-state index contributed by atoms with van der Waals surface area (Å²) in [4.78, 5) is 43.9. The van der Waals surface area contributed by atoms with Gasteiger partial charge in [0.05, 0.1) is 17.9 Å². The van der Waals surface area contributed by atoms with E-state index in [9.17, 15) is 14.4 Å². The van der Waals surface area contributed by atoms with Crippen molar-refractivity contribution in [2.75, 3.05) is 11.6 Å². The van der Waals surface area contributed by atoms with E-state index in [1.807, 2.05) is 56.5 Å². The van der Waals surface area contributed by atoms with Crippen molar-refractivity contribution >= 4 is 35.2 Å². The fraction of sp³-hybridized carbons (Fsp3) is 0.607. The van der Waals surface area contributed by atoms with Gasteiger partial charge in [0, 0.05) is 22.7 Å². The number of likely N-dealkylation sites (tertiary alicyclic amines) is 1. The number of nitrogens with one attached hydrogen (secondary N) is 2. The van der Waals surface area contributed by atoms with Crippen molar-refractivity contribution in [2.45, 2.75) is 81.7 Å². The van der Waals surface area contributed by atoms with E-state index in [2.05, 4.69) is 24.5 Å². The summed E-state index contributed by atoms with van der Waals surface area (Å²) in [6.07, 6.45) is 8.39. The lowest BCUT2D eigenvalue weighted by Gasteiger charge is -2.38. The van der Waals surface area contributed by atoms with Gasteiger partial charge in [0.1, 0.15) is 11.6 Å². The van der Waals surface area contributed by atoms with Crippen LogP contribution in [0.2, 0.25) is 0 Å². The van der Waals surface area contributed by atoms with E-state index >= 15 is 0 Å². The van der Waals surface area contributed by atoms with Gasteiger partial charge in [-0.05, 0) is 56.6 Å². The lowest BCUT2D eigenvalue weighted by molar-refractivity contribution is -0.143. The van der Waals surface area contributed by atoms with Crippen molar-refractivity contribution in [3.8, 4) is 0 Å². The predicted octanol–water partition coefficient (Wildman–Crippen LogP) is 3.85. The molecule has 3 aliphatic heterocycles. The van der Waals surface area contributed by atoms with Crippen LogP contribution in [0.4, 0.5) is 5.69 Å². The van der Waals surface area contributed by atoms with Gasteiger partial charge in [-0.1, -0.05) is 44.9 Å². The second-order valence-electron chi connectivity index (χ2n) is 11.1. The number of carbonyl (C=O) groups is 3. The highest BCUT2D eigenvalue weighted by Crippen LogP contribution is 2.55. The Morgan fingerprint density at radius 1 is 1.19 bits per heavy atom. The van der Waals surface area contributed by atoms with Crippen LogP contribution in [0, 0.1) is 23.7 Å². The summed E-state index contributed by atoms with van der Waals surface area (Å²) < 4.78 is 6.42. The SMILES string of the molecule is CSc1cccc(NC(=O)[C@H]2[C@H]3C=C[C@@]4(O3)[C@H]2C(=O)N(C(C)C)[C@@H]4C(=O)N[C@@H]2CCC[C@H](C)[C@H]2C)c1. The molecular formula is C28H37N3O4S. The molecule has 4 aliphatic rings. The van der Waals surface area contributed by atoms with E-state index in [-0.39, 0.29) is 29.8 Å². The summed E-state index contributed by atoms with van der Waals surface area (Å²) in [6.45, 7) is 8.26. The summed E-state index contributed by atoms with van der Waals surface area (Å²) in [6, 6.07) is 6.72. The Hall–Kier alpha value is -2.32. The van der Waals surface area contributed by atoms with Gasteiger partial charge in [-0.25, -0.2) is 0 Å². The minimum atomic E-state index is -1.12. The van der Waals surface area contributed by atoms with E-state index in [0.29, 0.717) is 17.5 Å². The molecule has 8 atom stereocenters. The monoisotopic (exact) mass is 511 g/mol. The first kappa shape index (κ1) is 25.3. The molecule has 0 aromatic heterocycles. The van der Waals surface area contributed by atoms with Crippen molar-refractivity contribution in [3.63, 3.8) is 0 Å². The Morgan fingerprint density at radius 2 is 1.97 bits per heavy atom. The van der Waals surface area contributed by atoms with Crippen molar-refractivity contribution < 1.29 is 19.1 Å². The molecule has 2 saturated heterocycles. The number of nitrogens with zero attached hydrogens (tertiary/aromatic N) is 1. The number of benzene rings is 1. The molecule has 0 radical (unpaired) electrons. The first-order chi connectivity index (χ1) is 17.2. The molecule has 2 bridgehead atoms. The average molecular weight is 512 g/mol. The Bertz CT molecular complexity index is 1090. The minimum Gasteiger partial charge on any atom is -0.359 e. The number of thioether (sulfide) groups is 1. The Kier molecular flexibility index (Phi) is 6.70. The zero-order valence-electron chi connectivity index (χ0n) is 21.7. The van der Waals surface area contributed by atoms with Gasteiger partial charge in [-0.2, -0.15) is 0 Å². The fourth-order valence-electron chi connectivity index (χ4n) is 6.74. The highest BCUT2D eigenvalue weighted by atomic mass is 32.2. The topological polar surface area (TPSA) is 87.7 Å². The van der Waals surface area contributed by atoms with Crippen molar-refractivity contribution in [2.24, 2.45) is 23.7 Å². The molecular weight excluding hydrogens is 474 g/mol. The standard InChI is InChI=1S/C28H37N3O4S/c1-15(2)31-24(26(33)30-20-11-6-8-16(3)17(20)4)28-13-12-21(35-28)22(23(28)27(31)34)25(32)29-18-9-7-10-19(14-18)36-5/h7,9-10,12-17,20-24H,6,8,11H2,1-5H3,(H,29,32)(H,30,33)/t16-,17+,20+,21+,22-,23+,24+,28+/m0/s1. The molecule has 3 fully saturated rings. The maximum absolute atomic E-state index is 13.9. The zero-order valence-corrected chi connectivity index (χ0v) is 22.5. The maximum atomic E-state index is 13.9. The highest BCUT2D eigenvalue weighted by Gasteiger charge is 2.73. The van der Waals surface area contributed by atoms with Crippen LogP contribution >= 0.6 is 11.8 Å². The van der Waals surface area contributed by atoms with E-state index in [1.54, 1.807) is 16.7 Å². The number of amides is 3. The van der Waals surface area contributed by atoms with Gasteiger partial charge in [0.25, 0.3) is 0 Å². The van der Waals surface area contributed by atoms with Crippen LogP contribution in [0.5, 0.6) is 0 Å². The Labute approximate surface area is 217 Å². The molecule has 3 heterocycles. The fourth-order valence-corrected chi connectivity index (χ4v) is 7.19. The van der Waals surface area contributed by atoms with Gasteiger partial charge in [-0.15, -0.1) is 11.8 Å². The van der Waals surface area contributed by atoms with Gasteiger partial charge < -0.3 is 20.3 Å². The largest absolute Gasteiger partial charge is 0.359 e. The number of fused-ring (bicyclic) bond motifs is 1. The van der Waals surface area contributed by atoms with Crippen LogP contribution in [0.15, 0.2) is 41.3 Å². The smallest absolute Gasteiger partial charge is 0.246 e. The molecule has 3 amide bonds. The summed E-state index contributed by atoms with van der Waals surface area (Å²) in [7, 11) is 0. The lowest BCUT2D eigenvalue weighted by atomic mass is 9.73. The van der Waals surface area contributed by atoms with E-state index in [1.165, 1.54) is 6.42 Å². The molecule has 1 aromatic rings. The second-order valence-corrected chi connectivity index (χ2v) is 12.0. The van der Waals surface area contributed by atoms with Crippen molar-refractivity contribution in [3.05, 3.63) is 36.4 Å². The molecule has 7 nitrogen and oxygen atoms in total. The molecule has 36 heavy (non-hydrogen) atoms. The van der Waals surface area contributed by atoms with Gasteiger partial charge in [0.15, 0.2) is 0 Å². The van der Waals surface area contributed by atoms with Crippen molar-refractivity contribution in [1.82, 2.24) is 10.2 Å². The molecule has 1 saturated carbocycles. The number of carbonyl (C=O) groups excluding carboxylic acids is 3. The normalized spacial score (nSPS) is 36.9. The Balaban J connectivity index is 1.43. The first-order valence-electron chi connectivity index (χ1n) is 13.1. The molecule has 1 aliphatic carbocycles. The summed E-state index contributed by atoms with van der Waals surface area (Å²) in [5.74, 6) is -1.11. The average Bonchev–Trinajstić information content (AvgIpc) is 3.49. The zero-order chi connectivity index (χ0) is 25.8. The highest BCUT2D eigenvalue weighted by molar-refractivity contribution is 7.98. The van der Waals surface area contributed by atoms with Crippen LogP contribution in [0.25, 0.3) is 0 Å². The third-order valence-corrected chi connectivity index (χ3v) is 9.52. The van der Waals surface area contributed by atoms with Gasteiger partial charge in [0.2, 0.25) is 17.7 Å². The number of anilines is 1. The summed E-state index contributed by atoms with van der Waals surface area (Å²) in [5.41, 5.74) is -0.434. The number of hydrogen-bond donors (Lipinski definition) is 2. The van der Waals surface area contributed by atoms with Gasteiger partial charge >= 0.3 is 0 Å². The summed E-state index contributed by atoms with van der Waals surface area (Å²) in [5, 5.41) is 6.28. The van der Waals surface area contributed by atoms with E-state index < -0.39 is 29.6 Å². The van der Waals surface area contributed by atoms with Gasteiger partial charge in [-0.3, -0.25) is 14.4 Å². The maximum Gasteiger partial charge on any atom is 0.246 e. The molecule has 2 N–H and O–H groups in total. The molecule has 5 rings (SSSR count). The van der Waals surface area contributed by atoms with Crippen LogP contribution in [-0.2, 0) is 19.1 Å². The Morgan fingerprint density at radius 3 is 2.69 bits per heavy atom. The minimum absolute atomic E-state index is 0.0752. The molecule has 0 unspecified atom stereocenters. The first-order valence-corrected chi connectivity index (χ1v) is 14.3. The van der Waals surface area contributed by atoms with Crippen LogP contribution < -0.4 is 10.6 Å². The van der Waals surface area contributed by atoms with E-state index in [0.717, 1.165) is 17.7 Å². The van der Waals surface area contributed by atoms with Crippen LogP contribution in [-0.4, -0.2) is 58.7 Å².